The van der Waals surface area contributed by atoms with Crippen LogP contribution in [0.3, 0.4) is 0 Å². The highest BCUT2D eigenvalue weighted by Gasteiger charge is 2.28. The number of amides is 2. The Morgan fingerprint density at radius 1 is 1.04 bits per heavy atom. The monoisotopic (exact) mass is 354 g/mol. The summed E-state index contributed by atoms with van der Waals surface area (Å²) in [6.45, 7) is 5.35. The lowest BCUT2D eigenvalue weighted by Crippen LogP contribution is -2.49. The second kappa shape index (κ2) is 7.28. The Kier molecular flexibility index (Phi) is 5.07. The number of rotatable bonds is 4. The van der Waals surface area contributed by atoms with Gasteiger partial charge in [0.1, 0.15) is 0 Å². The number of nitrogens with zero attached hydrogens (tertiary/aromatic N) is 1. The quantitative estimate of drug-likeness (QED) is 0.911. The van der Waals surface area contributed by atoms with Crippen LogP contribution in [0.2, 0.25) is 0 Å². The fraction of sp³-hybridized carbons (Fsp3) is 0.381. The molecular weight excluding hydrogens is 328 g/mol. The van der Waals surface area contributed by atoms with Crippen molar-refractivity contribution < 1.29 is 14.3 Å². The number of hydrogen-bond acceptors (Lipinski definition) is 3. The van der Waals surface area contributed by atoms with Crippen LogP contribution in [0.1, 0.15) is 30.5 Å². The number of benzene rings is 2. The van der Waals surface area contributed by atoms with Crippen LogP contribution < -0.4 is 14.8 Å². The summed E-state index contributed by atoms with van der Waals surface area (Å²) < 4.78 is 10.7. The fourth-order valence-corrected chi connectivity index (χ4v) is 3.31. The van der Waals surface area contributed by atoms with Crippen LogP contribution >= 0.6 is 0 Å². The molecule has 0 unspecified atom stereocenters. The number of fused-ring (bicyclic) bond motifs is 1. The highest BCUT2D eigenvalue weighted by molar-refractivity contribution is 5.75. The Balaban J connectivity index is 1.74. The van der Waals surface area contributed by atoms with E-state index in [0.29, 0.717) is 18.0 Å². The molecule has 0 aliphatic carbocycles. The maximum Gasteiger partial charge on any atom is 0.318 e. The summed E-state index contributed by atoms with van der Waals surface area (Å²) >= 11 is 0. The van der Waals surface area contributed by atoms with Crippen molar-refractivity contribution in [3.63, 3.8) is 0 Å². The molecule has 0 spiro atoms. The third-order valence-corrected chi connectivity index (χ3v) is 4.94. The van der Waals surface area contributed by atoms with E-state index in [1.807, 2.05) is 43.0 Å². The molecule has 1 aliphatic heterocycles. The predicted octanol–water partition coefficient (Wildman–Crippen LogP) is 3.71. The topological polar surface area (TPSA) is 50.8 Å². The van der Waals surface area contributed by atoms with Gasteiger partial charge in [-0.2, -0.15) is 0 Å². The van der Waals surface area contributed by atoms with Gasteiger partial charge in [-0.3, -0.25) is 0 Å². The minimum atomic E-state index is -0.534. The molecule has 26 heavy (non-hydrogen) atoms. The molecule has 0 radical (unpaired) electrons. The summed E-state index contributed by atoms with van der Waals surface area (Å²) in [5.74, 6) is 1.32. The molecule has 138 valence electrons. The van der Waals surface area contributed by atoms with E-state index in [2.05, 4.69) is 23.5 Å². The van der Waals surface area contributed by atoms with Crippen molar-refractivity contribution in [1.29, 1.82) is 0 Å². The predicted molar refractivity (Wildman–Crippen MR) is 102 cm³/mol. The van der Waals surface area contributed by atoms with E-state index in [0.717, 1.165) is 18.5 Å². The molecule has 0 aromatic heterocycles. The van der Waals surface area contributed by atoms with Crippen molar-refractivity contribution in [2.24, 2.45) is 0 Å². The third kappa shape index (κ3) is 3.62. The highest BCUT2D eigenvalue weighted by Crippen LogP contribution is 2.32. The highest BCUT2D eigenvalue weighted by atomic mass is 16.5. The molecule has 1 N–H and O–H groups in total. The lowest BCUT2D eigenvalue weighted by Gasteiger charge is -2.34. The van der Waals surface area contributed by atoms with Crippen LogP contribution in [-0.2, 0) is 18.5 Å². The van der Waals surface area contributed by atoms with E-state index in [4.69, 9.17) is 9.47 Å². The van der Waals surface area contributed by atoms with Crippen LogP contribution in [0.4, 0.5) is 4.79 Å². The van der Waals surface area contributed by atoms with Crippen LogP contribution in [0, 0.1) is 0 Å². The molecule has 2 amide bonds. The largest absolute Gasteiger partial charge is 0.493 e. The summed E-state index contributed by atoms with van der Waals surface area (Å²) in [7, 11) is 3.22. The smallest absolute Gasteiger partial charge is 0.318 e. The maximum atomic E-state index is 12.8. The van der Waals surface area contributed by atoms with Gasteiger partial charge in [0, 0.05) is 13.1 Å². The first-order valence-corrected chi connectivity index (χ1v) is 8.81. The molecule has 0 saturated heterocycles. The van der Waals surface area contributed by atoms with E-state index in [-0.39, 0.29) is 6.03 Å². The number of methoxy groups -OCH3 is 2. The summed E-state index contributed by atoms with van der Waals surface area (Å²) in [4.78, 5) is 14.7. The van der Waals surface area contributed by atoms with Crippen LogP contribution in [0.25, 0.3) is 0 Å². The standard InChI is InChI=1S/C21H26N2O3/c1-21(2,17-9-10-18(25-3)19(13-17)26-4)22-20(24)23-12-11-15-7-5-6-8-16(15)14-23/h5-10,13H,11-12,14H2,1-4H3,(H,22,24). The number of carbonyl (C=O) groups excluding carboxylic acids is 1. The second-order valence-corrected chi connectivity index (χ2v) is 7.07. The first kappa shape index (κ1) is 18.1. The van der Waals surface area contributed by atoms with E-state index < -0.39 is 5.54 Å². The van der Waals surface area contributed by atoms with Crippen molar-refractivity contribution in [1.82, 2.24) is 10.2 Å². The van der Waals surface area contributed by atoms with Gasteiger partial charge in [-0.05, 0) is 49.1 Å². The SMILES string of the molecule is COc1ccc(C(C)(C)NC(=O)N2CCc3ccccc3C2)cc1OC. The van der Waals surface area contributed by atoms with Gasteiger partial charge >= 0.3 is 6.03 Å². The van der Waals surface area contributed by atoms with Crippen LogP contribution in [-0.4, -0.2) is 31.7 Å². The first-order valence-electron chi connectivity index (χ1n) is 8.81. The van der Waals surface area contributed by atoms with Gasteiger partial charge in [0.2, 0.25) is 0 Å². The van der Waals surface area contributed by atoms with Gasteiger partial charge in [-0.15, -0.1) is 0 Å². The molecule has 1 aliphatic rings. The number of ether oxygens (including phenoxy) is 2. The number of carbonyl (C=O) groups is 1. The number of urea groups is 1. The Labute approximate surface area is 154 Å². The van der Waals surface area contributed by atoms with Crippen LogP contribution in [0.15, 0.2) is 42.5 Å². The molecule has 0 bridgehead atoms. The van der Waals surface area contributed by atoms with Crippen molar-refractivity contribution in [2.45, 2.75) is 32.4 Å². The molecule has 5 nitrogen and oxygen atoms in total. The Hall–Kier alpha value is -2.69. The summed E-state index contributed by atoms with van der Waals surface area (Å²) in [5, 5.41) is 3.15. The van der Waals surface area contributed by atoms with Gasteiger partial charge < -0.3 is 19.7 Å². The lowest BCUT2D eigenvalue weighted by molar-refractivity contribution is 0.181. The van der Waals surface area contributed by atoms with E-state index in [1.165, 1.54) is 11.1 Å². The van der Waals surface area contributed by atoms with Gasteiger partial charge in [0.15, 0.2) is 11.5 Å². The average molecular weight is 354 g/mol. The van der Waals surface area contributed by atoms with Gasteiger partial charge in [0.25, 0.3) is 0 Å². The van der Waals surface area contributed by atoms with Crippen molar-refractivity contribution in [3.05, 3.63) is 59.2 Å². The first-order chi connectivity index (χ1) is 12.4. The van der Waals surface area contributed by atoms with Crippen LogP contribution in [0.5, 0.6) is 11.5 Å². The second-order valence-electron chi connectivity index (χ2n) is 7.07. The van der Waals surface area contributed by atoms with E-state index >= 15 is 0 Å². The average Bonchev–Trinajstić information content (AvgIpc) is 2.66. The lowest BCUT2D eigenvalue weighted by atomic mass is 9.94. The molecule has 2 aromatic rings. The Morgan fingerprint density at radius 3 is 2.42 bits per heavy atom. The third-order valence-electron chi connectivity index (χ3n) is 4.94. The molecule has 2 aromatic carbocycles. The minimum Gasteiger partial charge on any atom is -0.493 e. The molecule has 5 heteroatoms. The summed E-state index contributed by atoms with van der Waals surface area (Å²) in [6, 6.07) is 14.0. The zero-order chi connectivity index (χ0) is 18.7. The summed E-state index contributed by atoms with van der Waals surface area (Å²) in [5.41, 5.74) is 2.97. The molecule has 1 heterocycles. The summed E-state index contributed by atoms with van der Waals surface area (Å²) in [6.07, 6.45) is 0.889. The van der Waals surface area contributed by atoms with Gasteiger partial charge in [-0.1, -0.05) is 30.3 Å². The minimum absolute atomic E-state index is 0.0562. The van der Waals surface area contributed by atoms with Gasteiger partial charge in [0.05, 0.1) is 19.8 Å². The van der Waals surface area contributed by atoms with E-state index in [1.54, 1.807) is 14.2 Å². The molecule has 0 atom stereocenters. The van der Waals surface area contributed by atoms with Crippen molar-refractivity contribution >= 4 is 6.03 Å². The number of nitrogens with one attached hydrogen (secondary N) is 1. The maximum absolute atomic E-state index is 12.8. The normalized spacial score (nSPS) is 13.8. The van der Waals surface area contributed by atoms with Crippen molar-refractivity contribution in [3.8, 4) is 11.5 Å². The Bertz CT molecular complexity index is 802. The Morgan fingerprint density at radius 2 is 1.73 bits per heavy atom. The zero-order valence-electron chi connectivity index (χ0n) is 15.8. The molecular formula is C21H26N2O3. The van der Waals surface area contributed by atoms with E-state index in [9.17, 15) is 4.79 Å². The molecule has 0 fully saturated rings. The number of hydrogen-bond donors (Lipinski definition) is 1. The van der Waals surface area contributed by atoms with Crippen molar-refractivity contribution in [2.75, 3.05) is 20.8 Å². The zero-order valence-corrected chi connectivity index (χ0v) is 15.8. The fourth-order valence-electron chi connectivity index (χ4n) is 3.31. The molecule has 0 saturated carbocycles. The molecule has 3 rings (SSSR count). The van der Waals surface area contributed by atoms with Gasteiger partial charge in [-0.25, -0.2) is 4.79 Å².